The van der Waals surface area contributed by atoms with E-state index in [0.29, 0.717) is 46.4 Å². The molecule has 6 rings (SSSR count). The molecule has 2 aromatic heterocycles. The molecule has 202 valence electrons. The molecule has 0 aliphatic heterocycles. The Labute approximate surface area is 229 Å². The van der Waals surface area contributed by atoms with Gasteiger partial charge in [-0.25, -0.2) is 23.2 Å². The standard InChI is InChI=1S/C27H22N6O5S2/c28-26(34)24-22-12-6-17-5-7-18(32-40(37,38)27-21-4-2-1-3-16(21)13-14-30-27)15-23(17)25(22)33(31-24)19-8-10-20(11-9-19)39(29,35)36/h1-5,7-11,13-15,32H,6,12H2,(H2,28,34)(H2,29,35,36). The van der Waals surface area contributed by atoms with Crippen molar-refractivity contribution >= 4 is 42.4 Å². The smallest absolute Gasteiger partial charge is 0.280 e. The molecular formula is C27H22N6O5S2. The van der Waals surface area contributed by atoms with Gasteiger partial charge in [-0.2, -0.15) is 13.5 Å². The highest BCUT2D eigenvalue weighted by Crippen LogP contribution is 2.39. The number of anilines is 1. The van der Waals surface area contributed by atoms with E-state index in [2.05, 4.69) is 14.8 Å². The Morgan fingerprint density at radius 3 is 2.40 bits per heavy atom. The van der Waals surface area contributed by atoms with Crippen LogP contribution < -0.4 is 15.6 Å². The number of benzene rings is 3. The molecule has 40 heavy (non-hydrogen) atoms. The van der Waals surface area contributed by atoms with Crippen LogP contribution in [0.15, 0.2) is 88.9 Å². The van der Waals surface area contributed by atoms with Gasteiger partial charge in [0.15, 0.2) is 10.7 Å². The second kappa shape index (κ2) is 9.26. The average Bonchev–Trinajstić information content (AvgIpc) is 3.33. The Bertz CT molecular complexity index is 2050. The fourth-order valence-electron chi connectivity index (χ4n) is 4.97. The number of hydrogen-bond donors (Lipinski definition) is 3. The molecule has 0 radical (unpaired) electrons. The molecule has 2 heterocycles. The lowest BCUT2D eigenvalue weighted by atomic mass is 9.88. The minimum absolute atomic E-state index is 0.0773. The summed E-state index contributed by atoms with van der Waals surface area (Å²) in [5.41, 5.74) is 9.23. The van der Waals surface area contributed by atoms with E-state index in [-0.39, 0.29) is 15.6 Å². The zero-order valence-corrected chi connectivity index (χ0v) is 22.4. The number of carbonyl (C=O) groups is 1. The van der Waals surface area contributed by atoms with Crippen LogP contribution in [-0.2, 0) is 32.9 Å². The summed E-state index contributed by atoms with van der Waals surface area (Å²) in [6.45, 7) is 0. The van der Waals surface area contributed by atoms with E-state index in [4.69, 9.17) is 10.9 Å². The van der Waals surface area contributed by atoms with E-state index in [0.717, 1.165) is 10.9 Å². The van der Waals surface area contributed by atoms with Gasteiger partial charge in [-0.1, -0.05) is 30.3 Å². The molecule has 1 amide bonds. The fraction of sp³-hybridized carbons (Fsp3) is 0.0741. The molecule has 0 saturated heterocycles. The molecular weight excluding hydrogens is 552 g/mol. The van der Waals surface area contributed by atoms with Gasteiger partial charge in [-0.15, -0.1) is 0 Å². The lowest BCUT2D eigenvalue weighted by molar-refractivity contribution is 0.0994. The Kier molecular flexibility index (Phi) is 5.94. The van der Waals surface area contributed by atoms with Crippen LogP contribution in [0.4, 0.5) is 5.69 Å². The summed E-state index contributed by atoms with van der Waals surface area (Å²) < 4.78 is 54.4. The maximum Gasteiger partial charge on any atom is 0.280 e. The zero-order chi connectivity index (χ0) is 28.2. The van der Waals surface area contributed by atoms with Gasteiger partial charge in [-0.05, 0) is 66.3 Å². The van der Waals surface area contributed by atoms with Crippen LogP contribution in [0.3, 0.4) is 0 Å². The topological polar surface area (TPSA) is 180 Å². The Morgan fingerprint density at radius 1 is 0.925 bits per heavy atom. The van der Waals surface area contributed by atoms with Crippen LogP contribution >= 0.6 is 0 Å². The van der Waals surface area contributed by atoms with Crippen molar-refractivity contribution in [2.75, 3.05) is 4.72 Å². The molecule has 0 bridgehead atoms. The SMILES string of the molecule is NC(=O)c1nn(-c2ccc(S(N)(=O)=O)cc2)c2c1CCc1ccc(NS(=O)(=O)c3nccc4ccccc34)cc1-2. The third-order valence-corrected chi connectivity index (χ3v) is 9.05. The van der Waals surface area contributed by atoms with Gasteiger partial charge in [0.2, 0.25) is 10.0 Å². The number of primary sulfonamides is 1. The van der Waals surface area contributed by atoms with Crippen molar-refractivity contribution in [1.29, 1.82) is 0 Å². The predicted molar refractivity (Wildman–Crippen MR) is 149 cm³/mol. The van der Waals surface area contributed by atoms with Crippen molar-refractivity contribution in [2.24, 2.45) is 10.9 Å². The lowest BCUT2D eigenvalue weighted by Crippen LogP contribution is -2.16. The van der Waals surface area contributed by atoms with E-state index in [9.17, 15) is 21.6 Å². The minimum Gasteiger partial charge on any atom is -0.364 e. The summed E-state index contributed by atoms with van der Waals surface area (Å²) in [5, 5.41) is 10.8. The van der Waals surface area contributed by atoms with E-state index in [1.165, 1.54) is 35.1 Å². The molecule has 13 heteroatoms. The Balaban J connectivity index is 1.46. The Hall–Kier alpha value is -4.59. The first kappa shape index (κ1) is 25.7. The third-order valence-electron chi connectivity index (χ3n) is 6.78. The summed E-state index contributed by atoms with van der Waals surface area (Å²) in [6, 6.07) is 19.7. The number of nitrogens with one attached hydrogen (secondary N) is 1. The van der Waals surface area contributed by atoms with Crippen molar-refractivity contribution in [3.8, 4) is 16.9 Å². The highest BCUT2D eigenvalue weighted by atomic mass is 32.2. The number of aryl methyl sites for hydroxylation is 1. The summed E-state index contributed by atoms with van der Waals surface area (Å²) in [5.74, 6) is -0.710. The molecule has 3 aromatic carbocycles. The van der Waals surface area contributed by atoms with Gasteiger partial charge in [0.1, 0.15) is 0 Å². The van der Waals surface area contributed by atoms with Crippen molar-refractivity contribution < 1.29 is 21.6 Å². The molecule has 0 unspecified atom stereocenters. The number of primary amides is 1. The third kappa shape index (κ3) is 4.39. The van der Waals surface area contributed by atoms with Crippen molar-refractivity contribution in [3.05, 3.63) is 95.8 Å². The maximum atomic E-state index is 13.4. The summed E-state index contributed by atoms with van der Waals surface area (Å²) in [6.07, 6.45) is 2.51. The van der Waals surface area contributed by atoms with E-state index >= 15 is 0 Å². The normalized spacial score (nSPS) is 13.0. The van der Waals surface area contributed by atoms with Gasteiger partial charge in [-0.3, -0.25) is 9.52 Å². The first-order chi connectivity index (χ1) is 19.0. The lowest BCUT2D eigenvalue weighted by Gasteiger charge is -2.20. The number of aromatic nitrogens is 3. The van der Waals surface area contributed by atoms with E-state index in [1.807, 2.05) is 18.2 Å². The summed E-state index contributed by atoms with van der Waals surface area (Å²) in [7, 11) is -7.97. The first-order valence-corrected chi connectivity index (χ1v) is 15.1. The number of nitrogens with zero attached hydrogens (tertiary/aromatic N) is 3. The van der Waals surface area contributed by atoms with Gasteiger partial charge >= 0.3 is 0 Å². The van der Waals surface area contributed by atoms with Gasteiger partial charge in [0.05, 0.1) is 16.3 Å². The number of rotatable bonds is 6. The second-order valence-corrected chi connectivity index (χ2v) is 12.5. The zero-order valence-electron chi connectivity index (χ0n) is 20.8. The number of carbonyl (C=O) groups excluding carboxylic acids is 1. The highest BCUT2D eigenvalue weighted by Gasteiger charge is 2.29. The summed E-state index contributed by atoms with van der Waals surface area (Å²) in [4.78, 5) is 16.3. The molecule has 0 saturated carbocycles. The largest absolute Gasteiger partial charge is 0.364 e. The van der Waals surface area contributed by atoms with Crippen LogP contribution in [-0.4, -0.2) is 37.5 Å². The minimum atomic E-state index is -4.06. The van der Waals surface area contributed by atoms with Crippen molar-refractivity contribution in [3.63, 3.8) is 0 Å². The first-order valence-electron chi connectivity index (χ1n) is 12.1. The summed E-state index contributed by atoms with van der Waals surface area (Å²) >= 11 is 0. The van der Waals surface area contributed by atoms with Gasteiger partial charge in [0, 0.05) is 28.4 Å². The van der Waals surface area contributed by atoms with Crippen LogP contribution in [0.1, 0.15) is 21.6 Å². The molecule has 0 fully saturated rings. The quantitative estimate of drug-likeness (QED) is 0.279. The van der Waals surface area contributed by atoms with Gasteiger partial charge < -0.3 is 5.73 Å². The van der Waals surface area contributed by atoms with Gasteiger partial charge in [0.25, 0.3) is 15.9 Å². The number of fused-ring (bicyclic) bond motifs is 4. The fourth-order valence-corrected chi connectivity index (χ4v) is 6.70. The predicted octanol–water partition coefficient (Wildman–Crippen LogP) is 2.73. The number of pyridine rings is 1. The molecule has 11 nitrogen and oxygen atoms in total. The molecule has 5 N–H and O–H groups in total. The molecule has 1 aliphatic rings. The van der Waals surface area contributed by atoms with Crippen LogP contribution in [0.5, 0.6) is 0 Å². The monoisotopic (exact) mass is 574 g/mol. The average molecular weight is 575 g/mol. The maximum absolute atomic E-state index is 13.4. The van der Waals surface area contributed by atoms with Crippen LogP contribution in [0.2, 0.25) is 0 Å². The number of nitrogens with two attached hydrogens (primary N) is 2. The molecule has 0 spiro atoms. The van der Waals surface area contributed by atoms with Crippen LogP contribution in [0, 0.1) is 0 Å². The van der Waals surface area contributed by atoms with E-state index in [1.54, 1.807) is 30.3 Å². The van der Waals surface area contributed by atoms with Crippen molar-refractivity contribution in [1.82, 2.24) is 14.8 Å². The second-order valence-electron chi connectivity index (χ2n) is 9.31. The molecule has 0 atom stereocenters. The van der Waals surface area contributed by atoms with Crippen molar-refractivity contribution in [2.45, 2.75) is 22.8 Å². The Morgan fingerprint density at radius 2 is 1.68 bits per heavy atom. The molecule has 5 aromatic rings. The number of sulfonamides is 2. The number of hydrogen-bond acceptors (Lipinski definition) is 7. The van der Waals surface area contributed by atoms with Crippen LogP contribution in [0.25, 0.3) is 27.7 Å². The highest BCUT2D eigenvalue weighted by molar-refractivity contribution is 7.92. The number of amides is 1. The molecule has 1 aliphatic carbocycles. The van der Waals surface area contributed by atoms with E-state index < -0.39 is 26.0 Å².